The number of carbonyl (C=O) groups excluding carboxylic acids is 1. The van der Waals surface area contributed by atoms with Crippen LogP contribution >= 0.6 is 23.7 Å². The zero-order chi connectivity index (χ0) is 25.7. The maximum Gasteiger partial charge on any atom is 0.260 e. The van der Waals surface area contributed by atoms with Crippen LogP contribution in [-0.2, 0) is 14.8 Å². The van der Waals surface area contributed by atoms with Crippen LogP contribution in [0.15, 0.2) is 47.4 Å². The molecule has 2 heterocycles. The molecular formula is C25H33ClN4O5S2. The van der Waals surface area contributed by atoms with Crippen molar-refractivity contribution in [1.82, 2.24) is 14.2 Å². The van der Waals surface area contributed by atoms with Gasteiger partial charge >= 0.3 is 0 Å². The SMILES string of the molecule is CCOc1cccc2sc(N(CCCN(C)C)C(=O)c3ccc(S(=O)(=O)N4CCOCC4)cc3)nc12.Cl. The van der Waals surface area contributed by atoms with E-state index < -0.39 is 10.0 Å². The highest BCUT2D eigenvalue weighted by Gasteiger charge is 2.27. The number of halogens is 1. The smallest absolute Gasteiger partial charge is 0.260 e. The Morgan fingerprint density at radius 2 is 1.81 bits per heavy atom. The van der Waals surface area contributed by atoms with Gasteiger partial charge in [0.25, 0.3) is 5.91 Å². The van der Waals surface area contributed by atoms with Crippen molar-refractivity contribution < 1.29 is 22.7 Å². The van der Waals surface area contributed by atoms with E-state index in [1.165, 1.54) is 27.8 Å². The fourth-order valence-electron chi connectivity index (χ4n) is 3.99. The van der Waals surface area contributed by atoms with Gasteiger partial charge in [-0.25, -0.2) is 13.4 Å². The molecular weight excluding hydrogens is 536 g/mol. The molecule has 4 rings (SSSR count). The number of para-hydroxylation sites is 1. The second-order valence-electron chi connectivity index (χ2n) is 8.69. The third-order valence-electron chi connectivity index (χ3n) is 5.84. The summed E-state index contributed by atoms with van der Waals surface area (Å²) in [7, 11) is 0.354. The van der Waals surface area contributed by atoms with Gasteiger partial charge in [-0.3, -0.25) is 9.69 Å². The van der Waals surface area contributed by atoms with Gasteiger partial charge in [-0.15, -0.1) is 12.4 Å². The molecule has 1 fully saturated rings. The molecule has 0 bridgehead atoms. The molecule has 0 aliphatic carbocycles. The van der Waals surface area contributed by atoms with Crippen LogP contribution in [0.4, 0.5) is 5.13 Å². The van der Waals surface area contributed by atoms with E-state index >= 15 is 0 Å². The maximum absolute atomic E-state index is 13.6. The summed E-state index contributed by atoms with van der Waals surface area (Å²) in [6, 6.07) is 11.9. The van der Waals surface area contributed by atoms with Crippen LogP contribution in [0.25, 0.3) is 10.2 Å². The number of anilines is 1. The Kier molecular flexibility index (Phi) is 10.3. The number of carbonyl (C=O) groups is 1. The molecule has 12 heteroatoms. The lowest BCUT2D eigenvalue weighted by molar-refractivity contribution is 0.0730. The van der Waals surface area contributed by atoms with Crippen molar-refractivity contribution >= 4 is 55.0 Å². The lowest BCUT2D eigenvalue weighted by Crippen LogP contribution is -2.40. The highest BCUT2D eigenvalue weighted by atomic mass is 35.5. The van der Waals surface area contributed by atoms with Gasteiger partial charge in [0.15, 0.2) is 5.13 Å². The number of amides is 1. The maximum atomic E-state index is 13.6. The number of fused-ring (bicyclic) bond motifs is 1. The van der Waals surface area contributed by atoms with Crippen LogP contribution in [0, 0.1) is 0 Å². The lowest BCUT2D eigenvalue weighted by atomic mass is 10.2. The standard InChI is InChI=1S/C25H32N4O5S2.ClH/c1-4-34-21-7-5-8-22-23(21)26-25(35-22)29(14-6-13-27(2)3)24(30)19-9-11-20(12-10-19)36(31,32)28-15-17-33-18-16-28;/h5,7-12H,4,6,13-18H2,1-3H3;1H. The van der Waals surface area contributed by atoms with Gasteiger partial charge in [-0.2, -0.15) is 4.31 Å². The van der Waals surface area contributed by atoms with Gasteiger partial charge in [0.2, 0.25) is 10.0 Å². The molecule has 0 N–H and O–H groups in total. The number of aromatic nitrogens is 1. The summed E-state index contributed by atoms with van der Waals surface area (Å²) < 4.78 is 39.3. The monoisotopic (exact) mass is 568 g/mol. The fraction of sp³-hybridized carbons (Fsp3) is 0.440. The van der Waals surface area contributed by atoms with Crippen LogP contribution in [0.2, 0.25) is 0 Å². The number of ether oxygens (including phenoxy) is 2. The predicted octanol–water partition coefficient (Wildman–Crippen LogP) is 3.74. The Morgan fingerprint density at radius 1 is 1.11 bits per heavy atom. The van der Waals surface area contributed by atoms with E-state index in [1.807, 2.05) is 39.2 Å². The molecule has 1 aliphatic heterocycles. The van der Waals surface area contributed by atoms with Gasteiger partial charge in [0.1, 0.15) is 11.3 Å². The molecule has 1 aromatic heterocycles. The summed E-state index contributed by atoms with van der Waals surface area (Å²) in [5.74, 6) is 0.469. The largest absolute Gasteiger partial charge is 0.492 e. The van der Waals surface area contributed by atoms with E-state index in [2.05, 4.69) is 4.90 Å². The third kappa shape index (κ3) is 6.78. The Bertz CT molecular complexity index is 1290. The van der Waals surface area contributed by atoms with E-state index in [0.717, 1.165) is 23.2 Å². The van der Waals surface area contributed by atoms with Gasteiger partial charge in [-0.05, 0) is 70.4 Å². The van der Waals surface area contributed by atoms with E-state index in [-0.39, 0.29) is 23.2 Å². The second kappa shape index (κ2) is 13.0. The van der Waals surface area contributed by atoms with Gasteiger partial charge in [-0.1, -0.05) is 17.4 Å². The van der Waals surface area contributed by atoms with Crippen molar-refractivity contribution in [2.45, 2.75) is 18.2 Å². The first-order valence-electron chi connectivity index (χ1n) is 12.0. The molecule has 2 aromatic carbocycles. The van der Waals surface area contributed by atoms with E-state index in [1.54, 1.807) is 17.0 Å². The lowest BCUT2D eigenvalue weighted by Gasteiger charge is -2.26. The minimum Gasteiger partial charge on any atom is -0.492 e. The third-order valence-corrected chi connectivity index (χ3v) is 8.80. The molecule has 37 heavy (non-hydrogen) atoms. The summed E-state index contributed by atoms with van der Waals surface area (Å²) in [5, 5.41) is 0.589. The number of nitrogens with zero attached hydrogens (tertiary/aromatic N) is 4. The first-order valence-corrected chi connectivity index (χ1v) is 14.2. The molecule has 1 aliphatic rings. The molecule has 0 atom stereocenters. The van der Waals surface area contributed by atoms with E-state index in [9.17, 15) is 13.2 Å². The Labute approximate surface area is 228 Å². The van der Waals surface area contributed by atoms with Crippen LogP contribution in [-0.4, -0.2) is 88.6 Å². The fourth-order valence-corrected chi connectivity index (χ4v) is 6.40. The number of rotatable bonds is 10. The molecule has 3 aromatic rings. The first-order chi connectivity index (χ1) is 17.3. The van der Waals surface area contributed by atoms with Crippen LogP contribution in [0.1, 0.15) is 23.7 Å². The number of benzene rings is 2. The average molecular weight is 569 g/mol. The minimum atomic E-state index is -3.63. The van der Waals surface area contributed by atoms with E-state index in [0.29, 0.717) is 55.9 Å². The second-order valence-corrected chi connectivity index (χ2v) is 11.6. The predicted molar refractivity (Wildman–Crippen MR) is 149 cm³/mol. The van der Waals surface area contributed by atoms with Crippen molar-refractivity contribution in [3.8, 4) is 5.75 Å². The Hall–Kier alpha value is -2.28. The number of sulfonamides is 1. The average Bonchev–Trinajstić information content (AvgIpc) is 3.32. The summed E-state index contributed by atoms with van der Waals surface area (Å²) >= 11 is 1.44. The highest BCUT2D eigenvalue weighted by molar-refractivity contribution is 7.89. The molecule has 202 valence electrons. The van der Waals surface area contributed by atoms with Crippen LogP contribution in [0.3, 0.4) is 0 Å². The molecule has 1 saturated heterocycles. The van der Waals surface area contributed by atoms with Crippen molar-refractivity contribution in [3.05, 3.63) is 48.0 Å². The molecule has 9 nitrogen and oxygen atoms in total. The van der Waals surface area contributed by atoms with Crippen molar-refractivity contribution in [2.75, 3.05) is 65.0 Å². The summed E-state index contributed by atoms with van der Waals surface area (Å²) in [5.41, 5.74) is 1.14. The summed E-state index contributed by atoms with van der Waals surface area (Å²) in [4.78, 5) is 22.3. The quantitative estimate of drug-likeness (QED) is 0.368. The van der Waals surface area contributed by atoms with Gasteiger partial charge < -0.3 is 14.4 Å². The zero-order valence-corrected chi connectivity index (χ0v) is 23.7. The summed E-state index contributed by atoms with van der Waals surface area (Å²) in [6.45, 7) is 5.15. The molecule has 0 radical (unpaired) electrons. The molecule has 0 saturated carbocycles. The van der Waals surface area contributed by atoms with Crippen molar-refractivity contribution in [1.29, 1.82) is 0 Å². The zero-order valence-electron chi connectivity index (χ0n) is 21.3. The number of hydrogen-bond acceptors (Lipinski definition) is 8. The number of hydrogen-bond donors (Lipinski definition) is 0. The first kappa shape index (κ1) is 29.3. The number of thiazole rings is 1. The number of morpholine rings is 1. The molecule has 0 spiro atoms. The summed E-state index contributed by atoms with van der Waals surface area (Å²) in [6.07, 6.45) is 0.760. The Balaban J connectivity index is 0.00000380. The van der Waals surface area contributed by atoms with Crippen molar-refractivity contribution in [3.63, 3.8) is 0 Å². The Morgan fingerprint density at radius 3 is 2.46 bits per heavy atom. The normalized spacial score (nSPS) is 14.5. The van der Waals surface area contributed by atoms with Gasteiger partial charge in [0.05, 0.1) is 29.4 Å². The van der Waals surface area contributed by atoms with Crippen LogP contribution in [0.5, 0.6) is 5.75 Å². The molecule has 0 unspecified atom stereocenters. The topological polar surface area (TPSA) is 92.3 Å². The highest BCUT2D eigenvalue weighted by Crippen LogP contribution is 2.35. The van der Waals surface area contributed by atoms with E-state index in [4.69, 9.17) is 14.5 Å². The minimum absolute atomic E-state index is 0. The van der Waals surface area contributed by atoms with Gasteiger partial charge in [0, 0.05) is 25.2 Å². The molecule has 1 amide bonds. The van der Waals surface area contributed by atoms with Crippen molar-refractivity contribution in [2.24, 2.45) is 0 Å². The van der Waals surface area contributed by atoms with Crippen LogP contribution < -0.4 is 9.64 Å².